The number of carbonyl (C=O) groups excluding carboxylic acids is 1. The van der Waals surface area contributed by atoms with Gasteiger partial charge in [-0.15, -0.1) is 11.3 Å². The van der Waals surface area contributed by atoms with Crippen molar-refractivity contribution in [1.29, 1.82) is 0 Å². The first-order valence-corrected chi connectivity index (χ1v) is 7.75. The Morgan fingerprint density at radius 2 is 2.40 bits per heavy atom. The second-order valence-corrected chi connectivity index (χ2v) is 5.91. The molecule has 0 bridgehead atoms. The maximum absolute atomic E-state index is 11.8. The summed E-state index contributed by atoms with van der Waals surface area (Å²) in [6.07, 6.45) is 3.82. The van der Waals surface area contributed by atoms with Crippen molar-refractivity contribution in [3.63, 3.8) is 0 Å². The molecule has 1 unspecified atom stereocenters. The van der Waals surface area contributed by atoms with Gasteiger partial charge in [0.1, 0.15) is 0 Å². The van der Waals surface area contributed by atoms with Crippen LogP contribution in [0.1, 0.15) is 35.4 Å². The van der Waals surface area contributed by atoms with E-state index in [9.17, 15) is 4.79 Å². The summed E-state index contributed by atoms with van der Waals surface area (Å²) in [5, 5.41) is 2.93. The predicted molar refractivity (Wildman–Crippen MR) is 80.3 cm³/mol. The number of thiophene rings is 1. The van der Waals surface area contributed by atoms with Gasteiger partial charge in [-0.05, 0) is 31.4 Å². The smallest absolute Gasteiger partial charge is 0.222 e. The summed E-state index contributed by atoms with van der Waals surface area (Å²) in [5.41, 5.74) is 5.33. The van der Waals surface area contributed by atoms with Crippen molar-refractivity contribution < 1.29 is 9.53 Å². The van der Waals surface area contributed by atoms with Gasteiger partial charge in [0.15, 0.2) is 0 Å². The van der Waals surface area contributed by atoms with Crippen LogP contribution in [0.5, 0.6) is 0 Å². The fourth-order valence-electron chi connectivity index (χ4n) is 2.11. The second kappa shape index (κ2) is 8.05. The third kappa shape index (κ3) is 4.97. The number of ether oxygens (including phenoxy) is 1. The molecule has 0 radical (unpaired) electrons. The molecule has 1 saturated heterocycles. The lowest BCUT2D eigenvalue weighted by atomic mass is 10.1. The number of hydrogen-bond donors (Lipinski definition) is 2. The summed E-state index contributed by atoms with van der Waals surface area (Å²) in [6, 6.07) is 3.95. The molecule has 4 nitrogen and oxygen atoms in total. The van der Waals surface area contributed by atoms with Crippen molar-refractivity contribution >= 4 is 17.2 Å². The first-order valence-electron chi connectivity index (χ1n) is 6.94. The Balaban J connectivity index is 1.73. The Kier molecular flexibility index (Phi) is 6.06. The van der Waals surface area contributed by atoms with E-state index in [1.165, 1.54) is 0 Å². The number of rotatable bonds is 4. The lowest BCUT2D eigenvalue weighted by Crippen LogP contribution is -2.29. The highest BCUT2D eigenvalue weighted by Crippen LogP contribution is 2.17. The summed E-state index contributed by atoms with van der Waals surface area (Å²) in [7, 11) is 0. The Morgan fingerprint density at radius 3 is 3.15 bits per heavy atom. The second-order valence-electron chi connectivity index (χ2n) is 4.74. The lowest BCUT2D eigenvalue weighted by Gasteiger charge is -2.21. The average Bonchev–Trinajstić information content (AvgIpc) is 2.92. The minimum atomic E-state index is 0.0555. The normalized spacial score (nSPS) is 18.1. The highest BCUT2D eigenvalue weighted by Gasteiger charge is 2.17. The standard InChI is InChI=1S/C15H20N2O2S/c16-8-3-5-13-6-7-14(20-13)11-17-15(18)10-12-4-1-2-9-19-12/h6-7,12H,1-2,4,8-11,16H2,(H,17,18). The van der Waals surface area contributed by atoms with Crippen LogP contribution in [0.15, 0.2) is 12.1 Å². The molecule has 1 fully saturated rings. The third-order valence-corrected chi connectivity index (χ3v) is 4.12. The maximum atomic E-state index is 11.8. The number of hydrogen-bond acceptors (Lipinski definition) is 4. The molecule has 5 heteroatoms. The van der Waals surface area contributed by atoms with Gasteiger partial charge < -0.3 is 15.8 Å². The quantitative estimate of drug-likeness (QED) is 0.829. The Hall–Kier alpha value is -1.35. The molecule has 0 spiro atoms. The molecule has 2 rings (SSSR count). The summed E-state index contributed by atoms with van der Waals surface area (Å²) in [5.74, 6) is 5.87. The third-order valence-electron chi connectivity index (χ3n) is 3.12. The molecule has 0 saturated carbocycles. The molecule has 1 atom stereocenters. The van der Waals surface area contributed by atoms with E-state index >= 15 is 0 Å². The van der Waals surface area contributed by atoms with E-state index in [1.54, 1.807) is 11.3 Å². The first kappa shape index (κ1) is 15.0. The van der Waals surface area contributed by atoms with E-state index in [2.05, 4.69) is 17.2 Å². The Bertz CT molecular complexity index is 495. The molecular weight excluding hydrogens is 272 g/mol. The van der Waals surface area contributed by atoms with E-state index in [-0.39, 0.29) is 12.0 Å². The van der Waals surface area contributed by atoms with Gasteiger partial charge in [0.2, 0.25) is 5.91 Å². The van der Waals surface area contributed by atoms with Crippen LogP contribution >= 0.6 is 11.3 Å². The Labute approximate surface area is 123 Å². The molecule has 2 heterocycles. The first-order chi connectivity index (χ1) is 9.78. The summed E-state index contributed by atoms with van der Waals surface area (Å²) in [6.45, 7) is 1.71. The topological polar surface area (TPSA) is 64.3 Å². The SMILES string of the molecule is NCC#Cc1ccc(CNC(=O)CC2CCCCO2)s1. The van der Waals surface area contributed by atoms with E-state index in [1.807, 2.05) is 12.1 Å². The molecule has 0 aromatic carbocycles. The lowest BCUT2D eigenvalue weighted by molar-refractivity contribution is -0.125. The summed E-state index contributed by atoms with van der Waals surface area (Å²) >= 11 is 1.59. The molecule has 108 valence electrons. The van der Waals surface area contributed by atoms with E-state index in [4.69, 9.17) is 10.5 Å². The van der Waals surface area contributed by atoms with Crippen LogP contribution in [0, 0.1) is 11.8 Å². The zero-order valence-corrected chi connectivity index (χ0v) is 12.3. The molecule has 1 aliphatic rings. The van der Waals surface area contributed by atoms with Crippen molar-refractivity contribution in [2.45, 2.75) is 38.3 Å². The van der Waals surface area contributed by atoms with Crippen molar-refractivity contribution in [3.8, 4) is 11.8 Å². The van der Waals surface area contributed by atoms with Gasteiger partial charge in [-0.1, -0.05) is 11.8 Å². The van der Waals surface area contributed by atoms with Crippen molar-refractivity contribution in [2.75, 3.05) is 13.2 Å². The van der Waals surface area contributed by atoms with Gasteiger partial charge in [-0.2, -0.15) is 0 Å². The van der Waals surface area contributed by atoms with Crippen molar-refractivity contribution in [3.05, 3.63) is 21.9 Å². The number of nitrogens with one attached hydrogen (secondary N) is 1. The zero-order chi connectivity index (χ0) is 14.2. The fourth-order valence-corrected chi connectivity index (χ4v) is 2.93. The Morgan fingerprint density at radius 1 is 1.50 bits per heavy atom. The highest BCUT2D eigenvalue weighted by molar-refractivity contribution is 7.12. The van der Waals surface area contributed by atoms with Crippen LogP contribution in [0.3, 0.4) is 0 Å². The van der Waals surface area contributed by atoms with Gasteiger partial charge in [0.25, 0.3) is 0 Å². The molecule has 1 aromatic rings. The summed E-state index contributed by atoms with van der Waals surface area (Å²) in [4.78, 5) is 13.9. The predicted octanol–water partition coefficient (Wildman–Crippen LogP) is 1.63. The minimum Gasteiger partial charge on any atom is -0.378 e. The molecule has 1 aliphatic heterocycles. The molecule has 20 heavy (non-hydrogen) atoms. The van der Waals surface area contributed by atoms with Crippen LogP contribution in [0.4, 0.5) is 0 Å². The van der Waals surface area contributed by atoms with Gasteiger partial charge >= 0.3 is 0 Å². The summed E-state index contributed by atoms with van der Waals surface area (Å²) < 4.78 is 5.56. The van der Waals surface area contributed by atoms with E-state index < -0.39 is 0 Å². The zero-order valence-electron chi connectivity index (χ0n) is 11.5. The largest absolute Gasteiger partial charge is 0.378 e. The van der Waals surface area contributed by atoms with Crippen molar-refractivity contribution in [2.24, 2.45) is 5.73 Å². The van der Waals surface area contributed by atoms with Crippen LogP contribution < -0.4 is 11.1 Å². The van der Waals surface area contributed by atoms with E-state index in [0.717, 1.165) is 35.6 Å². The number of carbonyl (C=O) groups is 1. The minimum absolute atomic E-state index is 0.0555. The fraction of sp³-hybridized carbons (Fsp3) is 0.533. The van der Waals surface area contributed by atoms with E-state index in [0.29, 0.717) is 19.5 Å². The van der Waals surface area contributed by atoms with Gasteiger partial charge in [0, 0.05) is 11.5 Å². The number of amides is 1. The van der Waals surface area contributed by atoms with Crippen molar-refractivity contribution in [1.82, 2.24) is 5.32 Å². The molecule has 1 amide bonds. The van der Waals surface area contributed by atoms with Crippen LogP contribution in [-0.4, -0.2) is 25.2 Å². The highest BCUT2D eigenvalue weighted by atomic mass is 32.1. The molecule has 3 N–H and O–H groups in total. The molecule has 0 aliphatic carbocycles. The van der Waals surface area contributed by atoms with Crippen LogP contribution in [0.2, 0.25) is 0 Å². The molecular formula is C15H20N2O2S. The van der Waals surface area contributed by atoms with Crippen LogP contribution in [0.25, 0.3) is 0 Å². The van der Waals surface area contributed by atoms with Gasteiger partial charge in [0.05, 0.1) is 30.5 Å². The average molecular weight is 292 g/mol. The van der Waals surface area contributed by atoms with Gasteiger partial charge in [-0.3, -0.25) is 4.79 Å². The maximum Gasteiger partial charge on any atom is 0.222 e. The van der Waals surface area contributed by atoms with Crippen LogP contribution in [-0.2, 0) is 16.1 Å². The monoisotopic (exact) mass is 292 g/mol. The number of nitrogens with two attached hydrogens (primary N) is 1. The van der Waals surface area contributed by atoms with Gasteiger partial charge in [-0.25, -0.2) is 0 Å². The molecule has 1 aromatic heterocycles.